The molecule has 0 radical (unpaired) electrons. The monoisotopic (exact) mass is 357 g/mol. The number of hydrogen-bond acceptors (Lipinski definition) is 5. The number of halogens is 1. The van der Waals surface area contributed by atoms with Crippen LogP contribution in [0.4, 0.5) is 4.39 Å². The maximum absolute atomic E-state index is 13.4. The summed E-state index contributed by atoms with van der Waals surface area (Å²) in [6.07, 6.45) is 2.23. The highest BCUT2D eigenvalue weighted by molar-refractivity contribution is 6.06. The van der Waals surface area contributed by atoms with Gasteiger partial charge in [0, 0.05) is 11.6 Å². The van der Waals surface area contributed by atoms with Crippen LogP contribution in [-0.2, 0) is 14.3 Å². The molecule has 7 heteroatoms. The van der Waals surface area contributed by atoms with E-state index in [-0.39, 0.29) is 11.1 Å². The Hall–Kier alpha value is -3.48. The Kier molecular flexibility index (Phi) is 6.61. The second kappa shape index (κ2) is 9.12. The smallest absolute Gasteiger partial charge is 0.331 e. The lowest BCUT2D eigenvalue weighted by atomic mass is 10.2. The number of hydrogen-bond donors (Lipinski definition) is 1. The van der Waals surface area contributed by atoms with Crippen molar-refractivity contribution >= 4 is 23.9 Å². The van der Waals surface area contributed by atoms with E-state index in [1.807, 2.05) is 0 Å². The summed E-state index contributed by atoms with van der Waals surface area (Å²) in [5, 5.41) is 2.09. The lowest BCUT2D eigenvalue weighted by Gasteiger charge is -2.08. The van der Waals surface area contributed by atoms with Crippen LogP contribution in [0.3, 0.4) is 0 Å². The highest BCUT2D eigenvalue weighted by atomic mass is 19.1. The number of rotatable bonds is 6. The molecule has 0 unspecified atom stereocenters. The molecule has 0 atom stereocenters. The van der Waals surface area contributed by atoms with Crippen LogP contribution in [0.15, 0.2) is 54.6 Å². The molecule has 0 heterocycles. The van der Waals surface area contributed by atoms with Gasteiger partial charge < -0.3 is 9.47 Å². The number of methoxy groups -OCH3 is 1. The third-order valence-electron chi connectivity index (χ3n) is 3.25. The average Bonchev–Trinajstić information content (AvgIpc) is 2.65. The SMILES string of the molecule is COc1ccccc1C(=O)NC(=O)COC(=O)C=Cc1ccccc1F. The average molecular weight is 357 g/mol. The number of esters is 1. The minimum Gasteiger partial charge on any atom is -0.496 e. The lowest BCUT2D eigenvalue weighted by molar-refractivity contribution is -0.143. The number of amides is 2. The molecule has 2 amide bonds. The molecule has 0 saturated carbocycles. The first-order valence-corrected chi connectivity index (χ1v) is 7.58. The zero-order valence-corrected chi connectivity index (χ0v) is 13.9. The van der Waals surface area contributed by atoms with Gasteiger partial charge >= 0.3 is 5.97 Å². The van der Waals surface area contributed by atoms with Crippen molar-refractivity contribution in [3.63, 3.8) is 0 Å². The van der Waals surface area contributed by atoms with Gasteiger partial charge in [-0.1, -0.05) is 30.3 Å². The number of ether oxygens (including phenoxy) is 2. The zero-order valence-electron chi connectivity index (χ0n) is 13.9. The van der Waals surface area contributed by atoms with Crippen LogP contribution < -0.4 is 10.1 Å². The molecule has 0 saturated heterocycles. The van der Waals surface area contributed by atoms with Crippen LogP contribution in [0.2, 0.25) is 0 Å². The summed E-state index contributed by atoms with van der Waals surface area (Å²) in [4.78, 5) is 35.3. The fourth-order valence-corrected chi connectivity index (χ4v) is 2.02. The molecule has 0 aliphatic carbocycles. The molecule has 0 aliphatic heterocycles. The summed E-state index contributed by atoms with van der Waals surface area (Å²) < 4.78 is 23.2. The van der Waals surface area contributed by atoms with Crippen LogP contribution in [0, 0.1) is 5.82 Å². The van der Waals surface area contributed by atoms with E-state index >= 15 is 0 Å². The number of benzene rings is 2. The van der Waals surface area contributed by atoms with E-state index in [0.717, 1.165) is 6.08 Å². The fourth-order valence-electron chi connectivity index (χ4n) is 2.02. The molecule has 1 N–H and O–H groups in total. The topological polar surface area (TPSA) is 81.7 Å². The van der Waals surface area contributed by atoms with Gasteiger partial charge in [0.25, 0.3) is 11.8 Å². The predicted octanol–water partition coefficient (Wildman–Crippen LogP) is 2.35. The summed E-state index contributed by atoms with van der Waals surface area (Å²) in [5.74, 6) is -2.49. The third kappa shape index (κ3) is 5.27. The summed E-state index contributed by atoms with van der Waals surface area (Å²) in [6, 6.07) is 12.2. The van der Waals surface area contributed by atoms with Crippen LogP contribution in [-0.4, -0.2) is 31.5 Å². The number of carbonyl (C=O) groups is 3. The minimum absolute atomic E-state index is 0.175. The fraction of sp³-hybridized carbons (Fsp3) is 0.105. The van der Waals surface area contributed by atoms with Crippen molar-refractivity contribution in [1.29, 1.82) is 0 Å². The third-order valence-corrected chi connectivity index (χ3v) is 3.25. The molecule has 0 aliphatic rings. The van der Waals surface area contributed by atoms with Crippen molar-refractivity contribution in [3.05, 3.63) is 71.6 Å². The molecule has 2 rings (SSSR count). The molecule has 6 nitrogen and oxygen atoms in total. The molecule has 0 aromatic heterocycles. The predicted molar refractivity (Wildman–Crippen MR) is 91.9 cm³/mol. The van der Waals surface area contributed by atoms with E-state index in [4.69, 9.17) is 9.47 Å². The van der Waals surface area contributed by atoms with Gasteiger partial charge in [-0.25, -0.2) is 9.18 Å². The van der Waals surface area contributed by atoms with Gasteiger partial charge in [0.15, 0.2) is 6.61 Å². The standard InChI is InChI=1S/C19H16FNO5/c1-25-16-9-5-3-7-14(16)19(24)21-17(22)12-26-18(23)11-10-13-6-2-4-8-15(13)20/h2-11H,12H2,1H3,(H,21,22,24). The first kappa shape index (κ1) is 18.9. The van der Waals surface area contributed by atoms with Crippen molar-refractivity contribution in [2.24, 2.45) is 0 Å². The minimum atomic E-state index is -0.840. The largest absolute Gasteiger partial charge is 0.496 e. The van der Waals surface area contributed by atoms with E-state index < -0.39 is 30.2 Å². The van der Waals surface area contributed by atoms with E-state index in [9.17, 15) is 18.8 Å². The van der Waals surface area contributed by atoms with Gasteiger partial charge in [0.1, 0.15) is 11.6 Å². The first-order valence-electron chi connectivity index (χ1n) is 7.58. The van der Waals surface area contributed by atoms with Gasteiger partial charge in [-0.3, -0.25) is 14.9 Å². The summed E-state index contributed by atoms with van der Waals surface area (Å²) in [7, 11) is 1.40. The molecule has 134 valence electrons. The van der Waals surface area contributed by atoms with Crippen LogP contribution in [0.5, 0.6) is 5.75 Å². The van der Waals surface area contributed by atoms with Gasteiger partial charge in [-0.2, -0.15) is 0 Å². The molecule has 2 aromatic rings. The van der Waals surface area contributed by atoms with Crippen molar-refractivity contribution in [3.8, 4) is 5.75 Å². The Labute approximate surface area is 149 Å². The van der Waals surface area contributed by atoms with E-state index in [0.29, 0.717) is 5.75 Å². The van der Waals surface area contributed by atoms with Gasteiger partial charge in [0.2, 0.25) is 0 Å². The van der Waals surface area contributed by atoms with Crippen molar-refractivity contribution in [2.75, 3.05) is 13.7 Å². The second-order valence-electron chi connectivity index (χ2n) is 5.04. The summed E-state index contributed by atoms with van der Waals surface area (Å²) in [5.41, 5.74) is 0.384. The molecule has 0 fully saturated rings. The van der Waals surface area contributed by atoms with Crippen LogP contribution in [0.1, 0.15) is 15.9 Å². The molecule has 0 spiro atoms. The summed E-state index contributed by atoms with van der Waals surface area (Å²) in [6.45, 7) is -0.651. The van der Waals surface area contributed by atoms with Gasteiger partial charge in [-0.05, 0) is 24.3 Å². The zero-order chi connectivity index (χ0) is 18.9. The normalized spacial score (nSPS) is 10.4. The first-order chi connectivity index (χ1) is 12.5. The Bertz CT molecular complexity index is 847. The van der Waals surface area contributed by atoms with Gasteiger partial charge in [-0.15, -0.1) is 0 Å². The summed E-state index contributed by atoms with van der Waals surface area (Å²) >= 11 is 0. The quantitative estimate of drug-likeness (QED) is 0.634. The number of carbonyl (C=O) groups excluding carboxylic acids is 3. The Balaban J connectivity index is 1.85. The van der Waals surface area contributed by atoms with E-state index in [2.05, 4.69) is 5.32 Å². The van der Waals surface area contributed by atoms with Crippen molar-refractivity contribution in [2.45, 2.75) is 0 Å². The highest BCUT2D eigenvalue weighted by Gasteiger charge is 2.15. The molecular weight excluding hydrogens is 341 g/mol. The Morgan fingerprint density at radius 2 is 1.77 bits per heavy atom. The molecule has 26 heavy (non-hydrogen) atoms. The number of para-hydroxylation sites is 1. The number of nitrogens with one attached hydrogen (secondary N) is 1. The van der Waals surface area contributed by atoms with Crippen LogP contribution >= 0.6 is 0 Å². The molecule has 0 bridgehead atoms. The van der Waals surface area contributed by atoms with E-state index in [1.54, 1.807) is 24.3 Å². The maximum atomic E-state index is 13.4. The Morgan fingerprint density at radius 3 is 2.50 bits per heavy atom. The van der Waals surface area contributed by atoms with Crippen molar-refractivity contribution < 1.29 is 28.2 Å². The maximum Gasteiger partial charge on any atom is 0.331 e. The highest BCUT2D eigenvalue weighted by Crippen LogP contribution is 2.16. The van der Waals surface area contributed by atoms with E-state index in [1.165, 1.54) is 37.5 Å². The van der Waals surface area contributed by atoms with Gasteiger partial charge in [0.05, 0.1) is 12.7 Å². The van der Waals surface area contributed by atoms with Crippen molar-refractivity contribution in [1.82, 2.24) is 5.32 Å². The van der Waals surface area contributed by atoms with Crippen LogP contribution in [0.25, 0.3) is 6.08 Å². The number of imide groups is 1. The molecule has 2 aromatic carbocycles. The lowest BCUT2D eigenvalue weighted by Crippen LogP contribution is -2.34. The second-order valence-corrected chi connectivity index (χ2v) is 5.04. The molecular formula is C19H16FNO5. The Morgan fingerprint density at radius 1 is 1.08 bits per heavy atom.